The number of thioether (sulfide) groups is 1. The third-order valence-electron chi connectivity index (χ3n) is 2.99. The molecule has 0 amide bonds. The summed E-state index contributed by atoms with van der Waals surface area (Å²) in [4.78, 5) is 2.16. The average Bonchev–Trinajstić information content (AvgIpc) is 2.40. The maximum absolute atomic E-state index is 12.1. The van der Waals surface area contributed by atoms with Gasteiger partial charge in [0.15, 0.2) is 0 Å². The van der Waals surface area contributed by atoms with E-state index in [-0.39, 0.29) is 17.5 Å². The molecule has 0 aromatic heterocycles. The van der Waals surface area contributed by atoms with Crippen molar-refractivity contribution in [3.05, 3.63) is 0 Å². The van der Waals surface area contributed by atoms with E-state index in [1.54, 1.807) is 0 Å². The fourth-order valence-corrected chi connectivity index (χ4v) is 2.88. The van der Waals surface area contributed by atoms with Crippen LogP contribution in [0.1, 0.15) is 26.7 Å². The standard InChI is InChI=1S/C12H23F3N2S/c1-10(2)8-11-9-17(5-3-4-16-11)6-7-18-12(13,14)15/h10-11,16H,3-9H2,1-2H3. The minimum Gasteiger partial charge on any atom is -0.313 e. The van der Waals surface area contributed by atoms with Crippen molar-refractivity contribution in [1.82, 2.24) is 10.2 Å². The second-order valence-corrected chi connectivity index (χ2v) is 6.39. The Bertz CT molecular complexity index is 234. The van der Waals surface area contributed by atoms with Crippen molar-refractivity contribution in [3.63, 3.8) is 0 Å². The van der Waals surface area contributed by atoms with E-state index in [0.29, 0.717) is 18.5 Å². The molecule has 1 unspecified atom stereocenters. The summed E-state index contributed by atoms with van der Waals surface area (Å²) in [5.74, 6) is 0.754. The molecular weight excluding hydrogens is 261 g/mol. The highest BCUT2D eigenvalue weighted by atomic mass is 32.2. The van der Waals surface area contributed by atoms with Crippen LogP contribution in [0.4, 0.5) is 13.2 Å². The van der Waals surface area contributed by atoms with Gasteiger partial charge >= 0.3 is 5.51 Å². The molecule has 1 aliphatic heterocycles. The van der Waals surface area contributed by atoms with E-state index in [1.165, 1.54) is 0 Å². The van der Waals surface area contributed by atoms with Crippen LogP contribution >= 0.6 is 11.8 Å². The van der Waals surface area contributed by atoms with Gasteiger partial charge in [0.1, 0.15) is 0 Å². The van der Waals surface area contributed by atoms with Crippen molar-refractivity contribution in [2.75, 3.05) is 31.9 Å². The van der Waals surface area contributed by atoms with Crippen LogP contribution in [0.2, 0.25) is 0 Å². The maximum Gasteiger partial charge on any atom is 0.441 e. The number of nitrogens with zero attached hydrogens (tertiary/aromatic N) is 1. The summed E-state index contributed by atoms with van der Waals surface area (Å²) in [6, 6.07) is 0.420. The summed E-state index contributed by atoms with van der Waals surface area (Å²) in [6.07, 6.45) is 2.11. The lowest BCUT2D eigenvalue weighted by molar-refractivity contribution is -0.0328. The molecule has 0 spiro atoms. The van der Waals surface area contributed by atoms with E-state index in [0.717, 1.165) is 32.5 Å². The van der Waals surface area contributed by atoms with Gasteiger partial charge in [-0.15, -0.1) is 0 Å². The van der Waals surface area contributed by atoms with Gasteiger partial charge in [-0.2, -0.15) is 13.2 Å². The lowest BCUT2D eigenvalue weighted by Crippen LogP contribution is -2.39. The van der Waals surface area contributed by atoms with Gasteiger partial charge in [-0.25, -0.2) is 0 Å². The van der Waals surface area contributed by atoms with Crippen molar-refractivity contribution in [3.8, 4) is 0 Å². The molecule has 1 aliphatic rings. The zero-order chi connectivity index (χ0) is 13.6. The Balaban J connectivity index is 2.30. The van der Waals surface area contributed by atoms with E-state index in [1.807, 2.05) is 0 Å². The first-order valence-electron chi connectivity index (χ1n) is 6.53. The molecule has 1 saturated heterocycles. The van der Waals surface area contributed by atoms with Crippen LogP contribution in [0.3, 0.4) is 0 Å². The topological polar surface area (TPSA) is 15.3 Å². The van der Waals surface area contributed by atoms with E-state index < -0.39 is 5.51 Å². The third kappa shape index (κ3) is 7.48. The summed E-state index contributed by atoms with van der Waals surface area (Å²) in [6.45, 7) is 7.63. The molecule has 0 saturated carbocycles. The molecule has 1 rings (SSSR count). The molecule has 0 aromatic carbocycles. The number of alkyl halides is 3. The summed E-state index contributed by atoms with van der Waals surface area (Å²) in [7, 11) is 0. The van der Waals surface area contributed by atoms with E-state index in [4.69, 9.17) is 0 Å². The molecule has 0 radical (unpaired) electrons. The Morgan fingerprint density at radius 2 is 2.11 bits per heavy atom. The average molecular weight is 284 g/mol. The molecule has 0 aromatic rings. The monoisotopic (exact) mass is 284 g/mol. The first-order chi connectivity index (χ1) is 8.37. The van der Waals surface area contributed by atoms with Crippen molar-refractivity contribution in [2.24, 2.45) is 5.92 Å². The van der Waals surface area contributed by atoms with Gasteiger partial charge in [0.25, 0.3) is 0 Å². The number of hydrogen-bond acceptors (Lipinski definition) is 3. The molecule has 1 atom stereocenters. The lowest BCUT2D eigenvalue weighted by Gasteiger charge is -2.25. The number of nitrogens with one attached hydrogen (secondary N) is 1. The molecule has 0 aliphatic carbocycles. The SMILES string of the molecule is CC(C)CC1CN(CCSC(F)(F)F)CCCN1. The van der Waals surface area contributed by atoms with Crippen LogP contribution in [0, 0.1) is 5.92 Å². The van der Waals surface area contributed by atoms with Crippen molar-refractivity contribution < 1.29 is 13.2 Å². The van der Waals surface area contributed by atoms with E-state index in [2.05, 4.69) is 24.1 Å². The molecular formula is C12H23F3N2S. The van der Waals surface area contributed by atoms with Crippen LogP contribution < -0.4 is 5.32 Å². The van der Waals surface area contributed by atoms with Crippen LogP contribution in [0.15, 0.2) is 0 Å². The van der Waals surface area contributed by atoms with Gasteiger partial charge in [-0.05, 0) is 43.6 Å². The largest absolute Gasteiger partial charge is 0.441 e. The van der Waals surface area contributed by atoms with Crippen molar-refractivity contribution in [2.45, 2.75) is 38.2 Å². The smallest absolute Gasteiger partial charge is 0.313 e. The Hall–Kier alpha value is 0.0600. The molecule has 1 heterocycles. The second-order valence-electron chi connectivity index (χ2n) is 5.23. The Kier molecular flexibility index (Phi) is 6.81. The van der Waals surface area contributed by atoms with Crippen LogP contribution in [-0.4, -0.2) is 48.4 Å². The van der Waals surface area contributed by atoms with Crippen molar-refractivity contribution in [1.29, 1.82) is 0 Å². The van der Waals surface area contributed by atoms with E-state index in [9.17, 15) is 13.2 Å². The first-order valence-corrected chi connectivity index (χ1v) is 7.52. The Labute approximate surface area is 112 Å². The van der Waals surface area contributed by atoms with E-state index >= 15 is 0 Å². The Morgan fingerprint density at radius 3 is 2.72 bits per heavy atom. The van der Waals surface area contributed by atoms with Crippen LogP contribution in [-0.2, 0) is 0 Å². The zero-order valence-electron chi connectivity index (χ0n) is 11.1. The van der Waals surface area contributed by atoms with Gasteiger partial charge in [0.05, 0.1) is 0 Å². The molecule has 6 heteroatoms. The number of hydrogen-bond donors (Lipinski definition) is 1. The van der Waals surface area contributed by atoms with Gasteiger partial charge in [0.2, 0.25) is 0 Å². The molecule has 1 N–H and O–H groups in total. The minimum atomic E-state index is -4.10. The van der Waals surface area contributed by atoms with Gasteiger partial charge in [-0.3, -0.25) is 0 Å². The molecule has 108 valence electrons. The Morgan fingerprint density at radius 1 is 1.39 bits per heavy atom. The molecule has 0 bridgehead atoms. The van der Waals surface area contributed by atoms with Gasteiger partial charge in [0, 0.05) is 24.9 Å². The predicted molar refractivity (Wildman–Crippen MR) is 70.8 cm³/mol. The molecule has 18 heavy (non-hydrogen) atoms. The highest BCUT2D eigenvalue weighted by molar-refractivity contribution is 8.00. The highest BCUT2D eigenvalue weighted by Crippen LogP contribution is 2.29. The lowest BCUT2D eigenvalue weighted by atomic mass is 10.0. The zero-order valence-corrected chi connectivity index (χ0v) is 11.9. The fourth-order valence-electron chi connectivity index (χ4n) is 2.30. The number of rotatable bonds is 5. The predicted octanol–water partition coefficient (Wildman–Crippen LogP) is 2.95. The summed E-state index contributed by atoms with van der Waals surface area (Å²) in [5, 5.41) is 3.48. The first kappa shape index (κ1) is 16.1. The fraction of sp³-hybridized carbons (Fsp3) is 1.00. The summed E-state index contributed by atoms with van der Waals surface area (Å²) < 4.78 is 36.2. The number of halogens is 3. The third-order valence-corrected chi connectivity index (χ3v) is 3.71. The summed E-state index contributed by atoms with van der Waals surface area (Å²) >= 11 is 0.0871. The second kappa shape index (κ2) is 7.60. The van der Waals surface area contributed by atoms with Gasteiger partial charge < -0.3 is 10.2 Å². The quantitative estimate of drug-likeness (QED) is 0.835. The maximum atomic E-state index is 12.1. The van der Waals surface area contributed by atoms with Crippen molar-refractivity contribution >= 4 is 11.8 Å². The van der Waals surface area contributed by atoms with Gasteiger partial charge in [-0.1, -0.05) is 13.8 Å². The minimum absolute atomic E-state index is 0.0871. The van der Waals surface area contributed by atoms with Crippen LogP contribution in [0.5, 0.6) is 0 Å². The molecule has 2 nitrogen and oxygen atoms in total. The summed E-state index contributed by atoms with van der Waals surface area (Å²) in [5.41, 5.74) is -4.10. The molecule has 1 fully saturated rings. The highest BCUT2D eigenvalue weighted by Gasteiger charge is 2.28. The van der Waals surface area contributed by atoms with Crippen LogP contribution in [0.25, 0.3) is 0 Å². The normalized spacial score (nSPS) is 23.3.